The summed E-state index contributed by atoms with van der Waals surface area (Å²) in [6.07, 6.45) is 0. The number of hydrogen-bond acceptors (Lipinski definition) is 2. The van der Waals surface area contributed by atoms with Gasteiger partial charge in [0.25, 0.3) is 0 Å². The van der Waals surface area contributed by atoms with Crippen LogP contribution in [0, 0.1) is 6.92 Å². The summed E-state index contributed by atoms with van der Waals surface area (Å²) in [6, 6.07) is 12.4. The number of carbonyl (C=O) groups excluding carboxylic acids is 1. The topological polar surface area (TPSA) is 26.3 Å². The zero-order valence-electron chi connectivity index (χ0n) is 10.2. The van der Waals surface area contributed by atoms with Crippen molar-refractivity contribution in [2.24, 2.45) is 0 Å². The molecule has 2 rings (SSSR count). The quantitative estimate of drug-likeness (QED) is 0.783. The van der Waals surface area contributed by atoms with Gasteiger partial charge in [0.1, 0.15) is 5.75 Å². The zero-order valence-corrected chi connectivity index (χ0v) is 11.0. The van der Waals surface area contributed by atoms with Crippen molar-refractivity contribution in [3.8, 4) is 5.75 Å². The van der Waals surface area contributed by atoms with Gasteiger partial charge in [0, 0.05) is 16.1 Å². The summed E-state index contributed by atoms with van der Waals surface area (Å²) in [5, 5.41) is 0.601. The van der Waals surface area contributed by atoms with E-state index in [1.165, 1.54) is 0 Å². The second kappa shape index (κ2) is 5.23. The van der Waals surface area contributed by atoms with Crippen molar-refractivity contribution < 1.29 is 9.53 Å². The van der Waals surface area contributed by atoms with Crippen molar-refractivity contribution in [2.75, 3.05) is 7.11 Å². The number of rotatable bonds is 3. The minimum Gasteiger partial charge on any atom is -0.497 e. The normalized spacial score (nSPS) is 10.2. The lowest BCUT2D eigenvalue weighted by atomic mass is 10.0. The number of hydrogen-bond donors (Lipinski definition) is 0. The highest BCUT2D eigenvalue weighted by atomic mass is 35.5. The van der Waals surface area contributed by atoms with Crippen LogP contribution in [-0.4, -0.2) is 12.9 Å². The molecule has 0 aliphatic heterocycles. The number of aryl methyl sites for hydroxylation is 1. The second-order valence-electron chi connectivity index (χ2n) is 4.03. The molecule has 0 fully saturated rings. The van der Waals surface area contributed by atoms with Crippen LogP contribution in [0.2, 0.25) is 5.02 Å². The van der Waals surface area contributed by atoms with E-state index in [0.717, 1.165) is 5.56 Å². The molecule has 2 aromatic rings. The fourth-order valence-corrected chi connectivity index (χ4v) is 1.85. The fraction of sp³-hybridized carbons (Fsp3) is 0.133. The zero-order chi connectivity index (χ0) is 13.1. The Bertz CT molecular complexity index is 591. The number of benzene rings is 2. The van der Waals surface area contributed by atoms with Crippen molar-refractivity contribution in [3.63, 3.8) is 0 Å². The van der Waals surface area contributed by atoms with Crippen LogP contribution in [0.15, 0.2) is 42.5 Å². The van der Waals surface area contributed by atoms with Crippen molar-refractivity contribution >= 4 is 17.4 Å². The lowest BCUT2D eigenvalue weighted by Crippen LogP contribution is -2.01. The summed E-state index contributed by atoms with van der Waals surface area (Å²) in [4.78, 5) is 12.3. The maximum atomic E-state index is 12.3. The Kier molecular flexibility index (Phi) is 3.68. The third kappa shape index (κ3) is 2.54. The summed E-state index contributed by atoms with van der Waals surface area (Å²) in [5.74, 6) is 0.606. The second-order valence-corrected chi connectivity index (χ2v) is 4.43. The van der Waals surface area contributed by atoms with Gasteiger partial charge in [0.15, 0.2) is 5.78 Å². The summed E-state index contributed by atoms with van der Waals surface area (Å²) < 4.78 is 5.11. The lowest BCUT2D eigenvalue weighted by molar-refractivity contribution is 0.103. The molecule has 0 heterocycles. The standard InChI is InChI=1S/C15H13ClO2/c1-10-6-7-12(9-14(10)16)15(17)11-4-3-5-13(8-11)18-2/h3-9H,1-2H3. The van der Waals surface area contributed by atoms with Crippen LogP contribution >= 0.6 is 11.6 Å². The molecule has 0 atom stereocenters. The van der Waals surface area contributed by atoms with Crippen molar-refractivity contribution in [3.05, 3.63) is 64.2 Å². The van der Waals surface area contributed by atoms with E-state index in [2.05, 4.69) is 0 Å². The first-order valence-electron chi connectivity index (χ1n) is 5.56. The Morgan fingerprint density at radius 2 is 1.83 bits per heavy atom. The van der Waals surface area contributed by atoms with Crippen molar-refractivity contribution in [2.45, 2.75) is 6.92 Å². The molecule has 0 aliphatic carbocycles. The molecular weight excluding hydrogens is 248 g/mol. The van der Waals surface area contributed by atoms with Crippen molar-refractivity contribution in [1.29, 1.82) is 0 Å². The number of ether oxygens (including phenoxy) is 1. The van der Waals surface area contributed by atoms with Gasteiger partial charge in [-0.15, -0.1) is 0 Å². The van der Waals surface area contributed by atoms with Gasteiger partial charge in [0.2, 0.25) is 0 Å². The molecule has 0 radical (unpaired) electrons. The summed E-state index contributed by atoms with van der Waals surface area (Å²) in [5.41, 5.74) is 2.13. The van der Waals surface area contributed by atoms with Gasteiger partial charge in [-0.2, -0.15) is 0 Å². The van der Waals surface area contributed by atoms with Gasteiger partial charge in [-0.25, -0.2) is 0 Å². The third-order valence-electron chi connectivity index (χ3n) is 2.77. The van der Waals surface area contributed by atoms with Gasteiger partial charge >= 0.3 is 0 Å². The van der Waals surface area contributed by atoms with Crippen LogP contribution in [0.25, 0.3) is 0 Å². The molecule has 0 aromatic heterocycles. The average molecular weight is 261 g/mol. The Hall–Kier alpha value is -1.80. The van der Waals surface area contributed by atoms with Crippen LogP contribution in [0.3, 0.4) is 0 Å². The fourth-order valence-electron chi connectivity index (χ4n) is 1.67. The van der Waals surface area contributed by atoms with E-state index in [0.29, 0.717) is 21.9 Å². The molecule has 0 bridgehead atoms. The van der Waals surface area contributed by atoms with E-state index >= 15 is 0 Å². The van der Waals surface area contributed by atoms with Crippen LogP contribution < -0.4 is 4.74 Å². The Labute approximate surface area is 111 Å². The highest BCUT2D eigenvalue weighted by Gasteiger charge is 2.10. The van der Waals surface area contributed by atoms with Crippen LogP contribution in [0.1, 0.15) is 21.5 Å². The molecular formula is C15H13ClO2. The first-order chi connectivity index (χ1) is 8.61. The first kappa shape index (κ1) is 12.7. The van der Waals surface area contributed by atoms with E-state index in [-0.39, 0.29) is 5.78 Å². The largest absolute Gasteiger partial charge is 0.497 e. The molecule has 92 valence electrons. The van der Waals surface area contributed by atoms with Crippen molar-refractivity contribution in [1.82, 2.24) is 0 Å². The van der Waals surface area contributed by atoms with E-state index < -0.39 is 0 Å². The minimum atomic E-state index is -0.0594. The van der Waals surface area contributed by atoms with Gasteiger partial charge < -0.3 is 4.74 Å². The Morgan fingerprint density at radius 3 is 2.50 bits per heavy atom. The molecule has 18 heavy (non-hydrogen) atoms. The number of ketones is 1. The van der Waals surface area contributed by atoms with Crippen LogP contribution in [0.4, 0.5) is 0 Å². The number of methoxy groups -OCH3 is 1. The van der Waals surface area contributed by atoms with Gasteiger partial charge in [0.05, 0.1) is 7.11 Å². The predicted molar refractivity (Wildman–Crippen MR) is 72.6 cm³/mol. The summed E-state index contributed by atoms with van der Waals surface area (Å²) in [7, 11) is 1.58. The van der Waals surface area contributed by atoms with Gasteiger partial charge in [-0.3, -0.25) is 4.79 Å². The van der Waals surface area contributed by atoms with Gasteiger partial charge in [-0.1, -0.05) is 35.9 Å². The average Bonchev–Trinajstić information content (AvgIpc) is 2.41. The van der Waals surface area contributed by atoms with Gasteiger partial charge in [-0.05, 0) is 30.7 Å². The SMILES string of the molecule is COc1cccc(C(=O)c2ccc(C)c(Cl)c2)c1. The first-order valence-corrected chi connectivity index (χ1v) is 5.94. The van der Waals surface area contributed by atoms with E-state index in [4.69, 9.17) is 16.3 Å². The minimum absolute atomic E-state index is 0.0594. The molecule has 0 aliphatic rings. The molecule has 0 spiro atoms. The lowest BCUT2D eigenvalue weighted by Gasteiger charge is -2.05. The number of halogens is 1. The predicted octanol–water partition coefficient (Wildman–Crippen LogP) is 3.89. The highest BCUT2D eigenvalue weighted by Crippen LogP contribution is 2.20. The summed E-state index contributed by atoms with van der Waals surface area (Å²) >= 11 is 6.03. The van der Waals surface area contributed by atoms with Crippen LogP contribution in [0.5, 0.6) is 5.75 Å². The smallest absolute Gasteiger partial charge is 0.193 e. The third-order valence-corrected chi connectivity index (χ3v) is 3.17. The molecule has 2 aromatic carbocycles. The molecule has 0 N–H and O–H groups in total. The molecule has 3 heteroatoms. The van der Waals surface area contributed by atoms with E-state index in [1.54, 1.807) is 43.5 Å². The maximum Gasteiger partial charge on any atom is 0.193 e. The molecule has 2 nitrogen and oxygen atoms in total. The molecule has 0 amide bonds. The Balaban J connectivity index is 2.38. The maximum absolute atomic E-state index is 12.3. The molecule has 0 saturated carbocycles. The summed E-state index contributed by atoms with van der Waals surface area (Å²) in [6.45, 7) is 1.90. The van der Waals surface area contributed by atoms with E-state index in [1.807, 2.05) is 13.0 Å². The number of carbonyl (C=O) groups is 1. The highest BCUT2D eigenvalue weighted by molar-refractivity contribution is 6.31. The molecule has 0 unspecified atom stereocenters. The molecule has 0 saturated heterocycles. The monoisotopic (exact) mass is 260 g/mol. The van der Waals surface area contributed by atoms with Crippen LogP contribution in [-0.2, 0) is 0 Å². The Morgan fingerprint density at radius 1 is 1.11 bits per heavy atom. The van der Waals surface area contributed by atoms with E-state index in [9.17, 15) is 4.79 Å².